The molecule has 1 aromatic carbocycles. The lowest BCUT2D eigenvalue weighted by molar-refractivity contribution is -0.384. The fraction of sp³-hybridized carbons (Fsp3) is 0.417. The average Bonchev–Trinajstić information content (AvgIpc) is 2.20. The Bertz CT molecular complexity index is 426. The van der Waals surface area contributed by atoms with Gasteiger partial charge in [-0.1, -0.05) is 13.0 Å². The number of nitro benzene ring substituents is 1. The molecule has 0 aromatic heterocycles. The van der Waals surface area contributed by atoms with Crippen molar-refractivity contribution in [2.75, 3.05) is 0 Å². The van der Waals surface area contributed by atoms with Gasteiger partial charge >= 0.3 is 0 Å². The fourth-order valence-corrected chi connectivity index (χ4v) is 1.89. The molecule has 16 heavy (non-hydrogen) atoms. The third-order valence-electron chi connectivity index (χ3n) is 2.74. The van der Waals surface area contributed by atoms with Gasteiger partial charge < -0.3 is 0 Å². The normalized spacial score (nSPS) is 12.2. The van der Waals surface area contributed by atoms with E-state index in [2.05, 4.69) is 0 Å². The van der Waals surface area contributed by atoms with Gasteiger partial charge in [0.1, 0.15) is 5.78 Å². The topological polar surface area (TPSA) is 60.2 Å². The molecule has 1 atom stereocenters. The number of ketones is 1. The van der Waals surface area contributed by atoms with E-state index in [1.807, 2.05) is 6.92 Å². The number of Topliss-reactive ketones (excluding diaryl/α,β-unsaturated/α-hetero) is 1. The van der Waals surface area contributed by atoms with Gasteiger partial charge in [0.25, 0.3) is 5.69 Å². The van der Waals surface area contributed by atoms with Crippen molar-refractivity contribution in [3.05, 3.63) is 39.4 Å². The van der Waals surface area contributed by atoms with E-state index in [0.29, 0.717) is 6.42 Å². The van der Waals surface area contributed by atoms with Crippen LogP contribution in [0.4, 0.5) is 5.69 Å². The number of nitrogens with zero attached hydrogens (tertiary/aromatic N) is 1. The Morgan fingerprint density at radius 1 is 1.50 bits per heavy atom. The van der Waals surface area contributed by atoms with Crippen molar-refractivity contribution in [1.29, 1.82) is 0 Å². The number of rotatable bonds is 4. The summed E-state index contributed by atoms with van der Waals surface area (Å²) >= 11 is 0. The van der Waals surface area contributed by atoms with Gasteiger partial charge in [-0.2, -0.15) is 0 Å². The molecule has 0 aliphatic carbocycles. The Balaban J connectivity index is 3.16. The first-order chi connectivity index (χ1) is 7.47. The van der Waals surface area contributed by atoms with Gasteiger partial charge in [-0.25, -0.2) is 0 Å². The van der Waals surface area contributed by atoms with Gasteiger partial charge in [0, 0.05) is 18.1 Å². The SMILES string of the molecule is CCC(C(C)=O)c1ccc([N+](=O)[O-])cc1C. The Hall–Kier alpha value is -1.71. The van der Waals surface area contributed by atoms with Crippen LogP contribution < -0.4 is 0 Å². The highest BCUT2D eigenvalue weighted by molar-refractivity contribution is 5.83. The fourth-order valence-electron chi connectivity index (χ4n) is 1.89. The van der Waals surface area contributed by atoms with Gasteiger partial charge in [-0.15, -0.1) is 0 Å². The first-order valence-electron chi connectivity index (χ1n) is 5.22. The van der Waals surface area contributed by atoms with Crippen molar-refractivity contribution in [3.63, 3.8) is 0 Å². The summed E-state index contributed by atoms with van der Waals surface area (Å²) in [6.07, 6.45) is 0.716. The quantitative estimate of drug-likeness (QED) is 0.580. The molecule has 0 spiro atoms. The number of hydrogen-bond acceptors (Lipinski definition) is 3. The minimum absolute atomic E-state index is 0.0691. The Kier molecular flexibility index (Phi) is 3.77. The standard InChI is InChI=1S/C12H15NO3/c1-4-11(9(3)14)12-6-5-10(13(15)16)7-8(12)2/h5-7,11H,4H2,1-3H3. The van der Waals surface area contributed by atoms with Crippen LogP contribution in [-0.4, -0.2) is 10.7 Å². The molecule has 0 bridgehead atoms. The lowest BCUT2D eigenvalue weighted by atomic mass is 9.89. The maximum atomic E-state index is 11.4. The van der Waals surface area contributed by atoms with Crippen LogP contribution in [0.1, 0.15) is 37.3 Å². The number of carbonyl (C=O) groups is 1. The molecule has 0 aliphatic heterocycles. The van der Waals surface area contributed by atoms with Crippen LogP contribution in [0.5, 0.6) is 0 Å². The van der Waals surface area contributed by atoms with E-state index in [-0.39, 0.29) is 17.4 Å². The summed E-state index contributed by atoms with van der Waals surface area (Å²) in [7, 11) is 0. The first kappa shape index (κ1) is 12.4. The highest BCUT2D eigenvalue weighted by Crippen LogP contribution is 2.26. The molecule has 1 unspecified atom stereocenters. The zero-order chi connectivity index (χ0) is 12.3. The Morgan fingerprint density at radius 3 is 2.50 bits per heavy atom. The maximum Gasteiger partial charge on any atom is 0.269 e. The van der Waals surface area contributed by atoms with Gasteiger partial charge in [-0.05, 0) is 31.4 Å². The van der Waals surface area contributed by atoms with E-state index in [0.717, 1.165) is 11.1 Å². The van der Waals surface area contributed by atoms with Gasteiger partial charge in [0.2, 0.25) is 0 Å². The van der Waals surface area contributed by atoms with E-state index in [1.54, 1.807) is 19.9 Å². The van der Waals surface area contributed by atoms with Crippen molar-refractivity contribution in [2.24, 2.45) is 0 Å². The van der Waals surface area contributed by atoms with Crippen molar-refractivity contribution in [3.8, 4) is 0 Å². The zero-order valence-corrected chi connectivity index (χ0v) is 9.69. The molecule has 1 aromatic rings. The second-order valence-electron chi connectivity index (χ2n) is 3.87. The third kappa shape index (κ3) is 2.45. The number of non-ortho nitro benzene ring substituents is 1. The number of benzene rings is 1. The summed E-state index contributed by atoms with van der Waals surface area (Å²) < 4.78 is 0. The van der Waals surface area contributed by atoms with E-state index in [9.17, 15) is 14.9 Å². The third-order valence-corrected chi connectivity index (χ3v) is 2.74. The van der Waals surface area contributed by atoms with Crippen LogP contribution in [-0.2, 0) is 4.79 Å². The number of hydrogen-bond donors (Lipinski definition) is 0. The second-order valence-corrected chi connectivity index (χ2v) is 3.87. The summed E-state index contributed by atoms with van der Waals surface area (Å²) in [6.45, 7) is 5.29. The second kappa shape index (κ2) is 4.88. The monoisotopic (exact) mass is 221 g/mol. The summed E-state index contributed by atoms with van der Waals surface area (Å²) in [6, 6.07) is 4.65. The molecule has 4 nitrogen and oxygen atoms in total. The molecule has 0 amide bonds. The zero-order valence-electron chi connectivity index (χ0n) is 9.69. The summed E-state index contributed by atoms with van der Waals surface area (Å²) in [5, 5.41) is 10.6. The molecule has 0 aliphatic rings. The first-order valence-corrected chi connectivity index (χ1v) is 5.22. The minimum atomic E-state index is -0.425. The van der Waals surface area contributed by atoms with Crippen LogP contribution >= 0.6 is 0 Å². The van der Waals surface area contributed by atoms with Gasteiger partial charge in [-0.3, -0.25) is 14.9 Å². The lowest BCUT2D eigenvalue weighted by Crippen LogP contribution is -2.09. The Morgan fingerprint density at radius 2 is 2.12 bits per heavy atom. The summed E-state index contributed by atoms with van der Waals surface area (Å²) in [5.74, 6) is -0.0553. The number of nitro groups is 1. The summed E-state index contributed by atoms with van der Waals surface area (Å²) in [5.41, 5.74) is 1.76. The van der Waals surface area contributed by atoms with Crippen LogP contribution in [0.3, 0.4) is 0 Å². The largest absolute Gasteiger partial charge is 0.299 e. The molecule has 0 heterocycles. The highest BCUT2D eigenvalue weighted by Gasteiger charge is 2.18. The van der Waals surface area contributed by atoms with Gasteiger partial charge in [0.15, 0.2) is 0 Å². The van der Waals surface area contributed by atoms with Crippen molar-refractivity contribution < 1.29 is 9.72 Å². The van der Waals surface area contributed by atoms with E-state index in [1.165, 1.54) is 12.1 Å². The van der Waals surface area contributed by atoms with Crippen molar-refractivity contribution >= 4 is 11.5 Å². The lowest BCUT2D eigenvalue weighted by Gasteiger charge is -2.14. The molecule has 1 rings (SSSR count). The number of aryl methyl sites for hydroxylation is 1. The summed E-state index contributed by atoms with van der Waals surface area (Å²) in [4.78, 5) is 21.6. The van der Waals surface area contributed by atoms with Crippen molar-refractivity contribution in [2.45, 2.75) is 33.1 Å². The van der Waals surface area contributed by atoms with Crippen LogP contribution in [0, 0.1) is 17.0 Å². The molecule has 0 saturated carbocycles. The van der Waals surface area contributed by atoms with E-state index >= 15 is 0 Å². The molecule has 0 N–H and O–H groups in total. The average molecular weight is 221 g/mol. The molecule has 0 fully saturated rings. The molecule has 0 saturated heterocycles. The molecule has 4 heteroatoms. The van der Waals surface area contributed by atoms with Crippen LogP contribution in [0.25, 0.3) is 0 Å². The minimum Gasteiger partial charge on any atom is -0.299 e. The molecule has 0 radical (unpaired) electrons. The van der Waals surface area contributed by atoms with Crippen molar-refractivity contribution in [1.82, 2.24) is 0 Å². The molecular weight excluding hydrogens is 206 g/mol. The highest BCUT2D eigenvalue weighted by atomic mass is 16.6. The maximum absolute atomic E-state index is 11.4. The predicted molar refractivity (Wildman–Crippen MR) is 61.5 cm³/mol. The van der Waals surface area contributed by atoms with Crippen LogP contribution in [0.2, 0.25) is 0 Å². The molecule has 86 valence electrons. The smallest absolute Gasteiger partial charge is 0.269 e. The predicted octanol–water partition coefficient (Wildman–Crippen LogP) is 2.99. The number of carbonyl (C=O) groups excluding carboxylic acids is 1. The van der Waals surface area contributed by atoms with E-state index in [4.69, 9.17) is 0 Å². The van der Waals surface area contributed by atoms with Gasteiger partial charge in [0.05, 0.1) is 4.92 Å². The van der Waals surface area contributed by atoms with E-state index < -0.39 is 4.92 Å². The molecular formula is C12H15NO3. The Labute approximate surface area is 94.4 Å². The van der Waals surface area contributed by atoms with Crippen LogP contribution in [0.15, 0.2) is 18.2 Å².